The Balaban J connectivity index is 2.57. The molecule has 0 saturated carbocycles. The second-order valence-corrected chi connectivity index (χ2v) is 5.24. The fraction of sp³-hybridized carbons (Fsp3) is 0.571. The van der Waals surface area contributed by atoms with E-state index in [-0.39, 0.29) is 17.5 Å². The van der Waals surface area contributed by atoms with Gasteiger partial charge in [-0.05, 0) is 33.8 Å². The first kappa shape index (κ1) is 15.8. The summed E-state index contributed by atoms with van der Waals surface area (Å²) in [6.07, 6.45) is 0. The Morgan fingerprint density at radius 2 is 1.95 bits per heavy atom. The van der Waals surface area contributed by atoms with Crippen LogP contribution in [0.4, 0.5) is 0 Å². The molecule has 1 heterocycles. The molecule has 1 rings (SSSR count). The van der Waals surface area contributed by atoms with E-state index in [2.05, 4.69) is 11.5 Å². The number of hydrogen-bond acceptors (Lipinski definition) is 4. The van der Waals surface area contributed by atoms with E-state index in [1.807, 2.05) is 19.9 Å². The van der Waals surface area contributed by atoms with Gasteiger partial charge in [-0.1, -0.05) is 0 Å². The quantitative estimate of drug-likeness (QED) is 0.570. The molecule has 19 heavy (non-hydrogen) atoms. The highest BCUT2D eigenvalue weighted by Gasteiger charge is 2.15. The number of nitrogens with zero attached hydrogens (tertiary/aromatic N) is 1. The Morgan fingerprint density at radius 3 is 2.47 bits per heavy atom. The van der Waals surface area contributed by atoms with Crippen molar-refractivity contribution in [2.24, 2.45) is 0 Å². The van der Waals surface area contributed by atoms with Crippen molar-refractivity contribution >= 4 is 23.5 Å². The zero-order chi connectivity index (χ0) is 14.4. The number of esters is 1. The van der Waals surface area contributed by atoms with E-state index in [0.29, 0.717) is 12.4 Å². The first-order valence-corrected chi connectivity index (χ1v) is 7.60. The van der Waals surface area contributed by atoms with Gasteiger partial charge in [0.2, 0.25) is 0 Å². The van der Waals surface area contributed by atoms with Gasteiger partial charge < -0.3 is 9.30 Å². The highest BCUT2D eigenvalue weighted by Crippen LogP contribution is 2.17. The lowest BCUT2D eigenvalue weighted by atomic mass is 10.2. The van der Waals surface area contributed by atoms with Crippen LogP contribution in [-0.4, -0.2) is 34.4 Å². The van der Waals surface area contributed by atoms with Crippen LogP contribution in [0.15, 0.2) is 6.07 Å². The number of ether oxygens (including phenoxy) is 1. The fourth-order valence-electron chi connectivity index (χ4n) is 2.08. The maximum absolute atomic E-state index is 12.1. The highest BCUT2D eigenvalue weighted by molar-refractivity contribution is 8.00. The predicted octanol–water partition coefficient (Wildman–Crippen LogP) is 2.60. The number of aromatic nitrogens is 1. The van der Waals surface area contributed by atoms with Gasteiger partial charge in [0.25, 0.3) is 0 Å². The summed E-state index contributed by atoms with van der Waals surface area (Å²) in [5.41, 5.74) is 2.86. The summed E-state index contributed by atoms with van der Waals surface area (Å²) in [5, 5.41) is 0. The van der Waals surface area contributed by atoms with Crippen molar-refractivity contribution in [2.45, 2.75) is 34.2 Å². The Kier molecular flexibility index (Phi) is 6.15. The molecule has 0 N–H and O–H groups in total. The van der Waals surface area contributed by atoms with Gasteiger partial charge in [-0.25, -0.2) is 0 Å². The molecule has 0 aromatic carbocycles. The van der Waals surface area contributed by atoms with Crippen molar-refractivity contribution in [1.29, 1.82) is 0 Å². The second-order valence-electron chi connectivity index (χ2n) is 4.25. The number of ketones is 1. The molecule has 106 valence electrons. The zero-order valence-corrected chi connectivity index (χ0v) is 12.8. The number of carbonyl (C=O) groups excluding carboxylic acids is 2. The molecule has 5 heteroatoms. The molecule has 0 aliphatic rings. The maximum Gasteiger partial charge on any atom is 0.315 e. The topological polar surface area (TPSA) is 48.3 Å². The van der Waals surface area contributed by atoms with Crippen molar-refractivity contribution in [3.8, 4) is 0 Å². The lowest BCUT2D eigenvalue weighted by molar-refractivity contribution is -0.139. The smallest absolute Gasteiger partial charge is 0.315 e. The van der Waals surface area contributed by atoms with E-state index in [1.165, 1.54) is 11.8 Å². The Bertz CT molecular complexity index is 466. The summed E-state index contributed by atoms with van der Waals surface area (Å²) in [6, 6.07) is 1.92. The summed E-state index contributed by atoms with van der Waals surface area (Å²) < 4.78 is 6.93. The Labute approximate surface area is 118 Å². The maximum atomic E-state index is 12.1. The molecule has 0 fully saturated rings. The monoisotopic (exact) mass is 283 g/mol. The Hall–Kier alpha value is -1.23. The zero-order valence-electron chi connectivity index (χ0n) is 12.0. The van der Waals surface area contributed by atoms with Crippen LogP contribution in [0.5, 0.6) is 0 Å². The van der Waals surface area contributed by atoms with Crippen LogP contribution in [0.1, 0.15) is 35.6 Å². The van der Waals surface area contributed by atoms with Crippen LogP contribution in [0.25, 0.3) is 0 Å². The summed E-state index contributed by atoms with van der Waals surface area (Å²) in [4.78, 5) is 23.3. The summed E-state index contributed by atoms with van der Waals surface area (Å²) >= 11 is 1.30. The summed E-state index contributed by atoms with van der Waals surface area (Å²) in [6.45, 7) is 9.03. The minimum Gasteiger partial charge on any atom is -0.465 e. The van der Waals surface area contributed by atoms with Crippen LogP contribution in [0.3, 0.4) is 0 Å². The van der Waals surface area contributed by atoms with Gasteiger partial charge >= 0.3 is 5.97 Å². The number of thioether (sulfide) groups is 1. The van der Waals surface area contributed by atoms with Crippen molar-refractivity contribution < 1.29 is 14.3 Å². The van der Waals surface area contributed by atoms with Gasteiger partial charge in [0.05, 0.1) is 18.1 Å². The third kappa shape index (κ3) is 4.13. The molecule has 0 atom stereocenters. The Morgan fingerprint density at radius 1 is 1.26 bits per heavy atom. The molecular formula is C14H21NO3S. The molecule has 0 unspecified atom stereocenters. The van der Waals surface area contributed by atoms with E-state index >= 15 is 0 Å². The third-order valence-electron chi connectivity index (χ3n) is 2.95. The lowest BCUT2D eigenvalue weighted by Gasteiger charge is -2.05. The predicted molar refractivity (Wildman–Crippen MR) is 77.9 cm³/mol. The fourth-order valence-corrected chi connectivity index (χ4v) is 2.77. The minimum absolute atomic E-state index is 0.0714. The standard InChI is InChI=1S/C14H21NO3S/c1-5-15-10(3)7-12(11(15)4)13(16)8-19-9-14(17)18-6-2/h7H,5-6,8-9H2,1-4H3. The van der Waals surface area contributed by atoms with Crippen molar-refractivity contribution in [3.05, 3.63) is 23.0 Å². The highest BCUT2D eigenvalue weighted by atomic mass is 32.2. The summed E-state index contributed by atoms with van der Waals surface area (Å²) in [5.74, 6) is 0.347. The lowest BCUT2D eigenvalue weighted by Crippen LogP contribution is -2.10. The molecule has 0 radical (unpaired) electrons. The van der Waals surface area contributed by atoms with Gasteiger partial charge in [-0.2, -0.15) is 0 Å². The second kappa shape index (κ2) is 7.38. The van der Waals surface area contributed by atoms with E-state index in [4.69, 9.17) is 4.74 Å². The first-order valence-electron chi connectivity index (χ1n) is 6.44. The SMILES string of the molecule is CCOC(=O)CSCC(=O)c1cc(C)n(CC)c1C. The normalized spacial score (nSPS) is 10.5. The van der Waals surface area contributed by atoms with Crippen LogP contribution in [0, 0.1) is 13.8 Å². The largest absolute Gasteiger partial charge is 0.465 e. The van der Waals surface area contributed by atoms with Crippen LogP contribution >= 0.6 is 11.8 Å². The average Bonchev–Trinajstić information content (AvgIpc) is 2.64. The number of hydrogen-bond donors (Lipinski definition) is 0. The number of aryl methyl sites for hydroxylation is 1. The molecule has 0 amide bonds. The number of carbonyl (C=O) groups is 2. The van der Waals surface area contributed by atoms with Crippen molar-refractivity contribution in [2.75, 3.05) is 18.1 Å². The molecule has 0 bridgehead atoms. The van der Waals surface area contributed by atoms with Crippen LogP contribution in [0.2, 0.25) is 0 Å². The molecule has 0 spiro atoms. The average molecular weight is 283 g/mol. The summed E-state index contributed by atoms with van der Waals surface area (Å²) in [7, 11) is 0. The molecule has 0 saturated heterocycles. The van der Waals surface area contributed by atoms with Gasteiger partial charge in [-0.15, -0.1) is 11.8 Å². The number of Topliss-reactive ketones (excluding diaryl/α,β-unsaturated/α-hetero) is 1. The number of rotatable bonds is 7. The van der Waals surface area contributed by atoms with E-state index in [1.54, 1.807) is 6.92 Å². The molecule has 0 aliphatic heterocycles. The third-order valence-corrected chi connectivity index (χ3v) is 3.85. The van der Waals surface area contributed by atoms with E-state index in [9.17, 15) is 9.59 Å². The van der Waals surface area contributed by atoms with Crippen molar-refractivity contribution in [3.63, 3.8) is 0 Å². The molecule has 1 aromatic rings. The molecule has 4 nitrogen and oxygen atoms in total. The van der Waals surface area contributed by atoms with E-state index in [0.717, 1.165) is 23.5 Å². The van der Waals surface area contributed by atoms with E-state index < -0.39 is 0 Å². The molecule has 0 aliphatic carbocycles. The van der Waals surface area contributed by atoms with Crippen LogP contribution in [-0.2, 0) is 16.1 Å². The van der Waals surface area contributed by atoms with Gasteiger partial charge in [-0.3, -0.25) is 9.59 Å². The van der Waals surface area contributed by atoms with Gasteiger partial charge in [0.1, 0.15) is 0 Å². The van der Waals surface area contributed by atoms with Gasteiger partial charge in [0.15, 0.2) is 5.78 Å². The van der Waals surface area contributed by atoms with Crippen molar-refractivity contribution in [1.82, 2.24) is 4.57 Å². The van der Waals surface area contributed by atoms with Gasteiger partial charge in [0, 0.05) is 23.5 Å². The molecule has 1 aromatic heterocycles. The minimum atomic E-state index is -0.265. The molecular weight excluding hydrogens is 262 g/mol. The first-order chi connectivity index (χ1) is 9.01. The van der Waals surface area contributed by atoms with Crippen LogP contribution < -0.4 is 0 Å².